The van der Waals surface area contributed by atoms with Gasteiger partial charge in [-0.05, 0) is 24.0 Å². The Kier molecular flexibility index (Phi) is 7.65. The molecule has 2 aromatic heterocycles. The number of aliphatic hydroxyl groups is 3. The van der Waals surface area contributed by atoms with Crippen molar-refractivity contribution in [2.45, 2.75) is 43.4 Å². The van der Waals surface area contributed by atoms with Gasteiger partial charge in [-0.25, -0.2) is 13.1 Å². The van der Waals surface area contributed by atoms with Gasteiger partial charge in [0, 0.05) is 0 Å². The van der Waals surface area contributed by atoms with E-state index in [1.165, 1.54) is 11.8 Å². The topological polar surface area (TPSA) is 226 Å². The molecule has 1 aliphatic heterocycles. The van der Waals surface area contributed by atoms with E-state index in [-0.39, 0.29) is 30.9 Å². The Bertz CT molecular complexity index is 1510. The number of benzene rings is 1. The molecule has 2 aliphatic rings. The zero-order chi connectivity index (χ0) is 27.9. The highest BCUT2D eigenvalue weighted by atomic mass is 32.2. The van der Waals surface area contributed by atoms with Crippen LogP contribution in [0.3, 0.4) is 0 Å². The van der Waals surface area contributed by atoms with E-state index in [0.717, 1.165) is 23.1 Å². The monoisotopic (exact) mass is 585 g/mol. The maximum atomic E-state index is 12.2. The van der Waals surface area contributed by atoms with Gasteiger partial charge < -0.3 is 39.9 Å². The van der Waals surface area contributed by atoms with Crippen molar-refractivity contribution in [3.8, 4) is 6.01 Å². The number of nitrogens with zero attached hydrogens (tertiary/aromatic N) is 4. The first-order valence-electron chi connectivity index (χ1n) is 12.1. The van der Waals surface area contributed by atoms with Crippen molar-refractivity contribution >= 4 is 34.3 Å². The van der Waals surface area contributed by atoms with E-state index in [4.69, 9.17) is 19.3 Å². The van der Waals surface area contributed by atoms with Crippen LogP contribution in [0.5, 0.6) is 6.01 Å². The molecule has 1 aromatic carbocycles. The van der Waals surface area contributed by atoms with E-state index in [1.807, 2.05) is 18.2 Å². The van der Waals surface area contributed by atoms with Crippen molar-refractivity contribution in [2.75, 3.05) is 29.8 Å². The Labute approximate surface area is 222 Å². The number of ether oxygens (including phenoxy) is 2. The lowest BCUT2D eigenvalue weighted by molar-refractivity contribution is -0.0365. The molecule has 0 spiro atoms. The molecule has 1 aliphatic carbocycles. The quantitative estimate of drug-likeness (QED) is 0.164. The van der Waals surface area contributed by atoms with Crippen molar-refractivity contribution in [2.24, 2.45) is 0 Å². The Balaban J connectivity index is 1.46. The van der Waals surface area contributed by atoms with Crippen LogP contribution in [0, 0.1) is 0 Å². The van der Waals surface area contributed by atoms with Crippen LogP contribution in [-0.4, -0.2) is 96.0 Å². The van der Waals surface area contributed by atoms with E-state index in [9.17, 15) is 28.3 Å². The van der Waals surface area contributed by atoms with Gasteiger partial charge in [0.15, 0.2) is 27.2 Å². The van der Waals surface area contributed by atoms with E-state index < -0.39 is 53.2 Å². The molecule has 0 radical (unpaired) electrons. The van der Waals surface area contributed by atoms with Crippen LogP contribution in [0.1, 0.15) is 29.8 Å². The van der Waals surface area contributed by atoms with E-state index >= 15 is 0 Å². The molecule has 39 heavy (non-hydrogen) atoms. The van der Waals surface area contributed by atoms with Crippen LogP contribution >= 0.6 is 7.60 Å². The molecule has 0 saturated carbocycles. The normalized spacial score (nSPS) is 25.2. The lowest BCUT2D eigenvalue weighted by Gasteiger charge is -2.18. The zero-order valence-electron chi connectivity index (χ0n) is 20.4. The molecule has 0 amide bonds. The summed E-state index contributed by atoms with van der Waals surface area (Å²) in [6.45, 7) is -0.382. The highest BCUT2D eigenvalue weighted by Gasteiger charge is 2.47. The van der Waals surface area contributed by atoms with Crippen molar-refractivity contribution < 1.29 is 47.6 Å². The Morgan fingerprint density at radius 2 is 1.95 bits per heavy atom. The van der Waals surface area contributed by atoms with Gasteiger partial charge >= 0.3 is 13.6 Å². The summed E-state index contributed by atoms with van der Waals surface area (Å²) in [6, 6.07) is 7.84. The first-order valence-corrected chi connectivity index (χ1v) is 15.7. The summed E-state index contributed by atoms with van der Waals surface area (Å²) in [5.74, 6) is -0.561. The first-order chi connectivity index (χ1) is 18.5. The van der Waals surface area contributed by atoms with Crippen LogP contribution in [0.25, 0.3) is 11.0 Å². The number of aliphatic hydroxyl groups excluding tert-OH is 3. The molecule has 212 valence electrons. The molecule has 3 heterocycles. The van der Waals surface area contributed by atoms with Gasteiger partial charge in [0.1, 0.15) is 30.7 Å². The minimum atomic E-state index is -4.89. The van der Waals surface area contributed by atoms with Gasteiger partial charge in [-0.3, -0.25) is 4.57 Å². The van der Waals surface area contributed by atoms with E-state index in [0.29, 0.717) is 11.2 Å². The number of rotatable bonds is 10. The number of hydrogen-bond acceptors (Lipinski definition) is 12. The molecular weight excluding hydrogens is 557 g/mol. The number of aromatic nitrogens is 4. The number of nitrogens with one attached hydrogen (secondary N) is 1. The second-order valence-corrected chi connectivity index (χ2v) is 13.6. The molecule has 0 bridgehead atoms. The lowest BCUT2D eigenvalue weighted by Crippen LogP contribution is -2.36. The number of aryl methyl sites for hydroxylation is 1. The fourth-order valence-electron chi connectivity index (χ4n) is 4.90. The van der Waals surface area contributed by atoms with Crippen LogP contribution in [-0.2, 0) is 25.6 Å². The number of sulfone groups is 1. The highest BCUT2D eigenvalue weighted by Crippen LogP contribution is 2.39. The van der Waals surface area contributed by atoms with Gasteiger partial charge in [-0.15, -0.1) is 0 Å². The van der Waals surface area contributed by atoms with Crippen LogP contribution < -0.4 is 10.1 Å². The van der Waals surface area contributed by atoms with E-state index in [2.05, 4.69) is 26.4 Å². The third kappa shape index (κ3) is 5.93. The summed E-state index contributed by atoms with van der Waals surface area (Å²) in [7, 11) is -9.23. The summed E-state index contributed by atoms with van der Waals surface area (Å²) in [5.41, 5.74) is 1.05. The summed E-state index contributed by atoms with van der Waals surface area (Å²) < 4.78 is 47.9. The predicted octanol–water partition coefficient (Wildman–Crippen LogP) is -0.534. The largest absolute Gasteiger partial charge is 0.461 e. The molecule has 1 fully saturated rings. The summed E-state index contributed by atoms with van der Waals surface area (Å²) in [6.07, 6.45) is -3.09. The number of anilines is 1. The van der Waals surface area contributed by atoms with Gasteiger partial charge in [0.25, 0.3) is 0 Å². The number of hydrogen-bond donors (Lipinski definition) is 6. The molecule has 5 rings (SSSR count). The van der Waals surface area contributed by atoms with Gasteiger partial charge in [-0.1, -0.05) is 24.3 Å². The second kappa shape index (κ2) is 10.7. The molecule has 6 N–H and O–H groups in total. The smallest absolute Gasteiger partial charge is 0.340 e. The van der Waals surface area contributed by atoms with Crippen molar-refractivity contribution in [1.82, 2.24) is 19.7 Å². The van der Waals surface area contributed by atoms with Crippen LogP contribution in [0.15, 0.2) is 30.5 Å². The van der Waals surface area contributed by atoms with Crippen molar-refractivity contribution in [1.29, 1.82) is 0 Å². The number of fused-ring (bicyclic) bond motifs is 2. The maximum Gasteiger partial charge on any atom is 0.340 e. The third-order valence-electron chi connectivity index (χ3n) is 6.56. The highest BCUT2D eigenvalue weighted by molar-refractivity contribution is 7.97. The molecule has 0 unspecified atom stereocenters. The third-order valence-corrected chi connectivity index (χ3v) is 10.3. The van der Waals surface area contributed by atoms with Crippen LogP contribution in [0.4, 0.5) is 5.82 Å². The minimum absolute atomic E-state index is 0.0629. The maximum absolute atomic E-state index is 12.2. The molecule has 3 aromatic rings. The fraction of sp³-hybridized carbons (Fsp3) is 0.500. The molecule has 1 saturated heterocycles. The van der Waals surface area contributed by atoms with Crippen molar-refractivity contribution in [3.63, 3.8) is 0 Å². The lowest BCUT2D eigenvalue weighted by atomic mass is 10.1. The standard InChI is InChI=1S/C22H28N5O10PS/c28-7-8-36-22-25-19(24-15-6-5-12-3-1-2-4-13(12)15)14-9-23-27(20(14)26-22)21-18(30)17(29)16(37-21)10-39(34,35)11-38(31,32)33/h1-4,9,15-18,21,28-30H,5-8,10-11H2,(H,24,25,26)(H2,31,32,33)/t15-,16-,17-,18-,21-/m1/s1. The van der Waals surface area contributed by atoms with Gasteiger partial charge in [0.05, 0.1) is 30.0 Å². The second-order valence-electron chi connectivity index (χ2n) is 9.44. The minimum Gasteiger partial charge on any atom is -0.461 e. The summed E-state index contributed by atoms with van der Waals surface area (Å²) >= 11 is 0. The first kappa shape index (κ1) is 27.9. The molecule has 15 nitrogen and oxygen atoms in total. The SMILES string of the molecule is O=P(O)(O)CS(=O)(=O)C[C@H]1O[C@@H](n2ncc3c(N[C@@H]4CCc5ccccc54)nc(OCCO)nc32)[C@H](O)[C@@H]1O. The van der Waals surface area contributed by atoms with E-state index in [1.54, 1.807) is 0 Å². The fourth-order valence-corrected chi connectivity index (χ4v) is 8.15. The van der Waals surface area contributed by atoms with Crippen LogP contribution in [0.2, 0.25) is 0 Å². The predicted molar refractivity (Wildman–Crippen MR) is 136 cm³/mol. The average molecular weight is 586 g/mol. The van der Waals surface area contributed by atoms with Crippen molar-refractivity contribution in [3.05, 3.63) is 41.6 Å². The summed E-state index contributed by atoms with van der Waals surface area (Å²) in [4.78, 5) is 26.9. The molecular formula is C22H28N5O10PS. The Morgan fingerprint density at radius 3 is 2.69 bits per heavy atom. The molecule has 17 heteroatoms. The molecule has 5 atom stereocenters. The van der Waals surface area contributed by atoms with Gasteiger partial charge in [-0.2, -0.15) is 15.1 Å². The Hall–Kier alpha value is -2.69. The summed E-state index contributed by atoms with van der Waals surface area (Å²) in [5, 5.41) is 38.5. The van der Waals surface area contributed by atoms with Gasteiger partial charge in [0.2, 0.25) is 0 Å². The Morgan fingerprint density at radius 1 is 1.18 bits per heavy atom. The zero-order valence-corrected chi connectivity index (χ0v) is 22.1. The average Bonchev–Trinajstić information content (AvgIpc) is 3.54.